The van der Waals surface area contributed by atoms with Crippen LogP contribution >= 0.6 is 7.82 Å². The van der Waals surface area contributed by atoms with E-state index in [2.05, 4.69) is 67.8 Å². The second-order valence-electron chi connectivity index (χ2n) is 27.4. The molecule has 0 bridgehead atoms. The van der Waals surface area contributed by atoms with Crippen molar-refractivity contribution in [3.8, 4) is 0 Å². The number of carbonyl (C=O) groups excluding carboxylic acids is 1. The van der Waals surface area contributed by atoms with E-state index < -0.39 is 20.0 Å². The molecule has 512 valence electrons. The van der Waals surface area contributed by atoms with Gasteiger partial charge in [0.05, 0.1) is 39.9 Å². The third kappa shape index (κ3) is 71.5. The smallest absolute Gasteiger partial charge is 0.387 e. The Labute approximate surface area is 542 Å². The molecule has 0 radical (unpaired) electrons. The lowest BCUT2D eigenvalue weighted by Crippen LogP contribution is -2.45. The van der Waals surface area contributed by atoms with Gasteiger partial charge in [-0.3, -0.25) is 13.8 Å². The first kappa shape index (κ1) is 85.2. The Hall–Kier alpha value is -1.80. The fraction of sp³-hybridized carbons (Fsp3) is 0.859. The number of amides is 1. The predicted molar refractivity (Wildman–Crippen MR) is 383 cm³/mol. The third-order valence-corrected chi connectivity index (χ3v) is 18.4. The summed E-state index contributed by atoms with van der Waals surface area (Å²) < 4.78 is 23.8. The van der Waals surface area contributed by atoms with E-state index in [4.69, 9.17) is 9.05 Å². The van der Waals surface area contributed by atoms with Gasteiger partial charge < -0.3 is 19.8 Å². The highest BCUT2D eigenvalue weighted by Crippen LogP contribution is 2.43. The van der Waals surface area contributed by atoms with Gasteiger partial charge in [0.1, 0.15) is 13.2 Å². The zero-order valence-electron chi connectivity index (χ0n) is 58.8. The Morgan fingerprint density at radius 3 is 1.00 bits per heavy atom. The maximum Gasteiger partial charge on any atom is 0.472 e. The minimum Gasteiger partial charge on any atom is -0.387 e. The molecule has 3 atom stereocenters. The molecule has 0 aromatic carbocycles. The number of rotatable bonds is 71. The number of aliphatic hydroxyl groups is 1. The highest BCUT2D eigenvalue weighted by molar-refractivity contribution is 7.47. The molecule has 1 amide bonds. The second kappa shape index (κ2) is 68.6. The van der Waals surface area contributed by atoms with Crippen LogP contribution in [0.4, 0.5) is 0 Å². The van der Waals surface area contributed by atoms with Crippen LogP contribution in [0.2, 0.25) is 0 Å². The lowest BCUT2D eigenvalue weighted by atomic mass is 10.0. The Kier molecular flexibility index (Phi) is 67.1. The summed E-state index contributed by atoms with van der Waals surface area (Å²) in [4.78, 5) is 23.5. The predicted octanol–water partition coefficient (Wildman–Crippen LogP) is 24.7. The van der Waals surface area contributed by atoms with Crippen LogP contribution in [0.1, 0.15) is 380 Å². The Morgan fingerprint density at radius 2 is 0.667 bits per heavy atom. The van der Waals surface area contributed by atoms with Gasteiger partial charge in [-0.2, -0.15) is 0 Å². The molecule has 0 fully saturated rings. The minimum atomic E-state index is -4.36. The summed E-state index contributed by atoms with van der Waals surface area (Å²) in [6.45, 7) is 4.84. The number of likely N-dealkylation sites (N-methyl/N-ethyl adjacent to an activating group) is 1. The largest absolute Gasteiger partial charge is 0.472 e. The van der Waals surface area contributed by atoms with Crippen LogP contribution in [-0.4, -0.2) is 73.4 Å². The zero-order valence-corrected chi connectivity index (χ0v) is 59.7. The number of carbonyl (C=O) groups is 1. The van der Waals surface area contributed by atoms with Gasteiger partial charge in [0.15, 0.2) is 0 Å². The standard InChI is InChI=1S/C78H149N2O6P/c1-6-8-10-12-14-16-18-20-22-24-26-28-30-32-34-35-36-37-38-39-40-41-42-43-44-45-46-48-50-52-54-56-58-60-62-64-66-68-70-72-78(82)79-76(75-86-87(83,84)85-74-73-80(3,4)5)77(81)71-69-67-65-63-61-59-57-55-53-51-49-47-33-31-29-27-25-23-21-19-17-15-13-11-9-7-2/h18,20,24,26,30,32,61,63,69,71,76-77,81H,6-17,19,21-23,25,27-29,31,33-60,62,64-68,70,72-75H2,1-5H3,(H-,79,82,83,84)/p+1/b20-18-,26-24-,32-30-,63-61+,71-69+. The fourth-order valence-corrected chi connectivity index (χ4v) is 12.3. The van der Waals surface area contributed by atoms with Crippen molar-refractivity contribution in [3.05, 3.63) is 60.8 Å². The Morgan fingerprint density at radius 1 is 0.391 bits per heavy atom. The van der Waals surface area contributed by atoms with Crippen LogP contribution in [0.5, 0.6) is 0 Å². The van der Waals surface area contributed by atoms with E-state index in [9.17, 15) is 19.4 Å². The van der Waals surface area contributed by atoms with Crippen molar-refractivity contribution in [2.75, 3.05) is 40.9 Å². The third-order valence-electron chi connectivity index (χ3n) is 17.5. The molecule has 0 aromatic heterocycles. The number of nitrogens with one attached hydrogen (secondary N) is 1. The zero-order chi connectivity index (χ0) is 63.4. The fourth-order valence-electron chi connectivity index (χ4n) is 11.5. The normalized spacial score (nSPS) is 13.9. The first-order valence-electron chi connectivity index (χ1n) is 38.2. The lowest BCUT2D eigenvalue weighted by Gasteiger charge is -2.25. The molecule has 8 nitrogen and oxygen atoms in total. The van der Waals surface area contributed by atoms with E-state index in [1.807, 2.05) is 27.2 Å². The topological polar surface area (TPSA) is 105 Å². The van der Waals surface area contributed by atoms with Crippen LogP contribution in [0.3, 0.4) is 0 Å². The lowest BCUT2D eigenvalue weighted by molar-refractivity contribution is -0.870. The number of unbranched alkanes of at least 4 members (excludes halogenated alkanes) is 50. The van der Waals surface area contributed by atoms with Crippen molar-refractivity contribution in [1.82, 2.24) is 5.32 Å². The van der Waals surface area contributed by atoms with E-state index in [1.165, 1.54) is 308 Å². The van der Waals surface area contributed by atoms with Crippen LogP contribution in [0.25, 0.3) is 0 Å². The van der Waals surface area contributed by atoms with Gasteiger partial charge in [0.25, 0.3) is 0 Å². The molecule has 0 saturated carbocycles. The molecule has 3 N–H and O–H groups in total. The summed E-state index contributed by atoms with van der Waals surface area (Å²) >= 11 is 0. The van der Waals surface area contributed by atoms with Crippen molar-refractivity contribution in [1.29, 1.82) is 0 Å². The monoisotopic (exact) mass is 1240 g/mol. The molecular formula is C78H150N2O6P+. The van der Waals surface area contributed by atoms with Gasteiger partial charge in [-0.25, -0.2) is 4.57 Å². The maximum absolute atomic E-state index is 13.1. The van der Waals surface area contributed by atoms with E-state index in [-0.39, 0.29) is 19.1 Å². The number of quaternary nitrogens is 1. The maximum atomic E-state index is 13.1. The molecule has 0 heterocycles. The second-order valence-corrected chi connectivity index (χ2v) is 28.8. The average molecular weight is 1240 g/mol. The molecule has 0 aliphatic rings. The molecule has 9 heteroatoms. The summed E-state index contributed by atoms with van der Waals surface area (Å²) in [6, 6.07) is -0.865. The van der Waals surface area contributed by atoms with Crippen molar-refractivity contribution in [2.24, 2.45) is 0 Å². The first-order valence-corrected chi connectivity index (χ1v) is 39.7. The van der Waals surface area contributed by atoms with E-state index in [0.29, 0.717) is 17.4 Å². The highest BCUT2D eigenvalue weighted by Gasteiger charge is 2.28. The molecule has 0 aliphatic carbocycles. The molecule has 0 aliphatic heterocycles. The van der Waals surface area contributed by atoms with E-state index in [0.717, 1.165) is 51.4 Å². The van der Waals surface area contributed by atoms with Crippen molar-refractivity contribution < 1.29 is 32.9 Å². The summed E-state index contributed by atoms with van der Waals surface area (Å²) in [5, 5.41) is 14.0. The highest BCUT2D eigenvalue weighted by atomic mass is 31.2. The van der Waals surface area contributed by atoms with Crippen LogP contribution in [0, 0.1) is 0 Å². The summed E-state index contributed by atoms with van der Waals surface area (Å²) in [6.07, 6.45) is 95.5. The molecule has 3 unspecified atom stereocenters. The van der Waals surface area contributed by atoms with Crippen molar-refractivity contribution >= 4 is 13.7 Å². The number of allylic oxidation sites excluding steroid dienone is 9. The molecule has 0 aromatic rings. The average Bonchev–Trinajstić information content (AvgIpc) is 3.69. The van der Waals surface area contributed by atoms with Gasteiger partial charge in [-0.1, -0.05) is 364 Å². The number of nitrogens with zero attached hydrogens (tertiary/aromatic N) is 1. The minimum absolute atomic E-state index is 0.0571. The quantitative estimate of drug-likeness (QED) is 0.0243. The molecular weight excluding hydrogens is 1090 g/mol. The van der Waals surface area contributed by atoms with E-state index >= 15 is 0 Å². The Bertz CT molecular complexity index is 1600. The first-order chi connectivity index (χ1) is 42.5. The molecule has 0 saturated heterocycles. The van der Waals surface area contributed by atoms with Gasteiger partial charge >= 0.3 is 7.82 Å². The number of hydrogen-bond donors (Lipinski definition) is 3. The SMILES string of the molecule is CCCCCCC/C=C\C/C=C\C/C=C\CCCCCCCCCCCCCCCCCCCCCCCCCCC(=O)NC(COP(=O)(O)OCC[N+](C)(C)C)C(O)/C=C/CC/C=C/CCCCCCCCCCCCCCCCCCCCCC. The van der Waals surface area contributed by atoms with Gasteiger partial charge in [-0.05, 0) is 70.6 Å². The number of phosphoric acid groups is 1. The van der Waals surface area contributed by atoms with Gasteiger partial charge in [0.2, 0.25) is 5.91 Å². The summed E-state index contributed by atoms with van der Waals surface area (Å²) in [5.74, 6) is -0.180. The van der Waals surface area contributed by atoms with Gasteiger partial charge in [0, 0.05) is 6.42 Å². The van der Waals surface area contributed by atoms with Crippen LogP contribution in [-0.2, 0) is 18.4 Å². The number of hydrogen-bond acceptors (Lipinski definition) is 5. The number of phosphoric ester groups is 1. The summed E-state index contributed by atoms with van der Waals surface area (Å²) in [5.41, 5.74) is 0. The van der Waals surface area contributed by atoms with E-state index in [1.54, 1.807) is 6.08 Å². The molecule has 0 spiro atoms. The van der Waals surface area contributed by atoms with Crippen molar-refractivity contribution in [2.45, 2.75) is 392 Å². The molecule has 87 heavy (non-hydrogen) atoms. The Balaban J connectivity index is 3.98. The molecule has 0 rings (SSSR count). The number of aliphatic hydroxyl groups excluding tert-OH is 1. The summed E-state index contributed by atoms with van der Waals surface area (Å²) in [7, 11) is 1.57. The van der Waals surface area contributed by atoms with Gasteiger partial charge in [-0.15, -0.1) is 0 Å². The van der Waals surface area contributed by atoms with Crippen LogP contribution < -0.4 is 5.32 Å². The van der Waals surface area contributed by atoms with Crippen LogP contribution in [0.15, 0.2) is 60.8 Å². The van der Waals surface area contributed by atoms with Crippen molar-refractivity contribution in [3.63, 3.8) is 0 Å².